The highest BCUT2D eigenvalue weighted by molar-refractivity contribution is 5.04. The predicted octanol–water partition coefficient (Wildman–Crippen LogP) is 4.10. The van der Waals surface area contributed by atoms with Crippen LogP contribution in [0.2, 0.25) is 0 Å². The van der Waals surface area contributed by atoms with E-state index in [2.05, 4.69) is 13.8 Å². The summed E-state index contributed by atoms with van der Waals surface area (Å²) < 4.78 is 0. The third kappa shape index (κ3) is 1.19. The van der Waals surface area contributed by atoms with Gasteiger partial charge in [-0.1, -0.05) is 26.7 Å². The van der Waals surface area contributed by atoms with E-state index in [9.17, 15) is 0 Å². The van der Waals surface area contributed by atoms with Gasteiger partial charge in [0.25, 0.3) is 0 Å². The smallest absolute Gasteiger partial charge is 0.0349 e. The first kappa shape index (κ1) is 9.24. The van der Waals surface area contributed by atoms with Crippen LogP contribution in [0, 0.1) is 35.5 Å². The van der Waals surface area contributed by atoms with Crippen LogP contribution >= 0.6 is 0 Å². The molecule has 0 aliphatic heterocycles. The average Bonchev–Trinajstić information content (AvgIpc) is 2.59. The molecule has 3 saturated carbocycles. The van der Waals surface area contributed by atoms with Gasteiger partial charge in [0, 0.05) is 0 Å². The molecule has 0 nitrogen and oxygen atoms in total. The lowest BCUT2D eigenvalue weighted by atomic mass is 9.62. The van der Waals surface area contributed by atoms with E-state index in [1.165, 1.54) is 30.6 Å². The van der Waals surface area contributed by atoms with Crippen LogP contribution in [0.3, 0.4) is 0 Å². The highest BCUT2D eigenvalue weighted by Gasteiger charge is 2.54. The van der Waals surface area contributed by atoms with Crippen LogP contribution in [0.5, 0.6) is 0 Å². The van der Waals surface area contributed by atoms with Crippen molar-refractivity contribution in [3.63, 3.8) is 0 Å². The van der Waals surface area contributed by atoms with Gasteiger partial charge in [-0.15, -0.1) is 0 Å². The molecule has 0 heteroatoms. The highest BCUT2D eigenvalue weighted by atomic mass is 14.6. The molecule has 0 spiro atoms. The molecule has 6 atom stereocenters. The van der Waals surface area contributed by atoms with E-state index in [-0.39, 0.29) is 0 Å². The normalized spacial score (nSPS) is 55.3. The molecule has 0 amide bonds. The van der Waals surface area contributed by atoms with Crippen LogP contribution in [0.4, 0.5) is 0 Å². The fraction of sp³-hybridized carbons (Fsp3) is 1.00. The number of rotatable bonds is 2. The lowest BCUT2D eigenvalue weighted by molar-refractivity contribution is 0.0624. The molecule has 0 aromatic carbocycles. The number of fused-ring (bicyclic) bond motifs is 3. The summed E-state index contributed by atoms with van der Waals surface area (Å²) in [4.78, 5) is 0. The molecule has 3 aliphatic carbocycles. The van der Waals surface area contributed by atoms with E-state index in [4.69, 9.17) is 0 Å². The predicted molar refractivity (Wildman–Crippen MR) is 60.0 cm³/mol. The second-order valence-corrected chi connectivity index (χ2v) is 6.35. The summed E-state index contributed by atoms with van der Waals surface area (Å²) in [5.74, 6) is 6.88. The molecule has 3 fully saturated rings. The summed E-state index contributed by atoms with van der Waals surface area (Å²) in [6, 6.07) is 0. The van der Waals surface area contributed by atoms with E-state index >= 15 is 0 Å². The Morgan fingerprint density at radius 2 is 1.79 bits per heavy atom. The lowest BCUT2D eigenvalue weighted by Crippen LogP contribution is -2.35. The Balaban J connectivity index is 1.64. The maximum atomic E-state index is 2.47. The molecule has 0 aromatic rings. The van der Waals surface area contributed by atoms with Gasteiger partial charge in [0.05, 0.1) is 0 Å². The Kier molecular flexibility index (Phi) is 2.15. The first-order valence-electron chi connectivity index (χ1n) is 6.79. The van der Waals surface area contributed by atoms with Gasteiger partial charge in [-0.25, -0.2) is 0 Å². The summed E-state index contributed by atoms with van der Waals surface area (Å²) in [5.41, 5.74) is 0. The molecule has 0 aromatic heterocycles. The summed E-state index contributed by atoms with van der Waals surface area (Å²) in [5, 5.41) is 0. The largest absolute Gasteiger partial charge is 0.0654 e. The maximum Gasteiger partial charge on any atom is -0.0349 e. The van der Waals surface area contributed by atoms with Crippen molar-refractivity contribution in [1.82, 2.24) is 0 Å². The average molecular weight is 192 g/mol. The topological polar surface area (TPSA) is 0 Å². The fourth-order valence-corrected chi connectivity index (χ4v) is 5.01. The van der Waals surface area contributed by atoms with Crippen molar-refractivity contribution >= 4 is 0 Å². The van der Waals surface area contributed by atoms with Crippen LogP contribution in [-0.2, 0) is 0 Å². The van der Waals surface area contributed by atoms with Crippen LogP contribution < -0.4 is 0 Å². The van der Waals surface area contributed by atoms with Gasteiger partial charge in [-0.05, 0) is 61.2 Å². The molecule has 0 radical (unpaired) electrons. The lowest BCUT2D eigenvalue weighted by Gasteiger charge is -2.43. The van der Waals surface area contributed by atoms with Crippen molar-refractivity contribution < 1.29 is 0 Å². The van der Waals surface area contributed by atoms with E-state index in [0.29, 0.717) is 0 Å². The summed E-state index contributed by atoms with van der Waals surface area (Å²) in [6.45, 7) is 4.82. The maximum absolute atomic E-state index is 2.47. The number of hydrogen-bond donors (Lipinski definition) is 0. The van der Waals surface area contributed by atoms with E-state index in [0.717, 1.165) is 17.8 Å². The van der Waals surface area contributed by atoms with Gasteiger partial charge >= 0.3 is 0 Å². The van der Waals surface area contributed by atoms with E-state index in [1.807, 2.05) is 0 Å². The monoisotopic (exact) mass is 192 g/mol. The first-order chi connectivity index (χ1) is 6.79. The van der Waals surface area contributed by atoms with Gasteiger partial charge in [0.2, 0.25) is 0 Å². The van der Waals surface area contributed by atoms with Crippen molar-refractivity contribution in [3.8, 4) is 0 Å². The molecule has 3 aliphatic rings. The minimum Gasteiger partial charge on any atom is -0.0654 e. The van der Waals surface area contributed by atoms with Gasteiger partial charge in [-0.3, -0.25) is 0 Å². The quantitative estimate of drug-likeness (QED) is 0.618. The highest BCUT2D eigenvalue weighted by Crippen LogP contribution is 2.63. The standard InChI is InChI=1S/C14H24/c1-3-4-10-7-14-12-6-9(2)5-11(12)8-13(10)14/h9-14H,3-8H2,1-2H3/t9?,10?,11?,12-,13?,14?/m0/s1. The summed E-state index contributed by atoms with van der Waals surface area (Å²) in [7, 11) is 0. The Morgan fingerprint density at radius 3 is 2.57 bits per heavy atom. The van der Waals surface area contributed by atoms with E-state index < -0.39 is 0 Å². The molecular formula is C14H24. The van der Waals surface area contributed by atoms with Crippen LogP contribution in [0.25, 0.3) is 0 Å². The molecule has 0 N–H and O–H groups in total. The zero-order valence-corrected chi connectivity index (χ0v) is 9.71. The van der Waals surface area contributed by atoms with Gasteiger partial charge in [0.15, 0.2) is 0 Å². The van der Waals surface area contributed by atoms with Crippen molar-refractivity contribution in [1.29, 1.82) is 0 Å². The minimum atomic E-state index is 1.05. The van der Waals surface area contributed by atoms with Crippen LogP contribution in [0.15, 0.2) is 0 Å². The minimum absolute atomic E-state index is 1.05. The molecule has 0 saturated heterocycles. The van der Waals surface area contributed by atoms with Crippen LogP contribution in [0.1, 0.15) is 52.4 Å². The van der Waals surface area contributed by atoms with Gasteiger partial charge < -0.3 is 0 Å². The second-order valence-electron chi connectivity index (χ2n) is 6.35. The molecule has 80 valence electrons. The van der Waals surface area contributed by atoms with Crippen molar-refractivity contribution in [2.75, 3.05) is 0 Å². The molecule has 3 rings (SSSR count). The Bertz CT molecular complexity index is 220. The molecular weight excluding hydrogens is 168 g/mol. The third-order valence-electron chi connectivity index (χ3n) is 5.50. The van der Waals surface area contributed by atoms with Crippen molar-refractivity contribution in [2.45, 2.75) is 52.4 Å². The van der Waals surface area contributed by atoms with E-state index in [1.54, 1.807) is 25.7 Å². The molecule has 0 heterocycles. The third-order valence-corrected chi connectivity index (χ3v) is 5.50. The van der Waals surface area contributed by atoms with Gasteiger partial charge in [0.1, 0.15) is 0 Å². The Morgan fingerprint density at radius 1 is 0.929 bits per heavy atom. The zero-order valence-electron chi connectivity index (χ0n) is 9.71. The fourth-order valence-electron chi connectivity index (χ4n) is 5.01. The summed E-state index contributed by atoms with van der Waals surface area (Å²) >= 11 is 0. The summed E-state index contributed by atoms with van der Waals surface area (Å²) in [6.07, 6.45) is 9.30. The molecule has 5 unspecified atom stereocenters. The Labute approximate surface area is 88.5 Å². The zero-order chi connectivity index (χ0) is 9.71. The van der Waals surface area contributed by atoms with Crippen LogP contribution in [-0.4, -0.2) is 0 Å². The number of hydrogen-bond acceptors (Lipinski definition) is 0. The molecule has 0 bridgehead atoms. The van der Waals surface area contributed by atoms with Crippen molar-refractivity contribution in [3.05, 3.63) is 0 Å². The first-order valence-corrected chi connectivity index (χ1v) is 6.79. The SMILES string of the molecule is CCCC1CC2C1CC1CC(C)C[C@@H]12. The van der Waals surface area contributed by atoms with Crippen molar-refractivity contribution in [2.24, 2.45) is 35.5 Å². The second kappa shape index (κ2) is 3.25. The van der Waals surface area contributed by atoms with Gasteiger partial charge in [-0.2, -0.15) is 0 Å². The Hall–Kier alpha value is 0. The molecule has 14 heavy (non-hydrogen) atoms.